The van der Waals surface area contributed by atoms with Gasteiger partial charge in [0.25, 0.3) is 5.56 Å². The average Bonchev–Trinajstić information content (AvgIpc) is 2.22. The van der Waals surface area contributed by atoms with Crippen molar-refractivity contribution in [2.24, 2.45) is 0 Å². The Morgan fingerprint density at radius 3 is 2.81 bits per heavy atom. The number of H-pyrrole nitrogens is 1. The Balaban J connectivity index is 2.90. The smallest absolute Gasteiger partial charge is 0.264 e. The summed E-state index contributed by atoms with van der Waals surface area (Å²) in [5, 5.41) is 0.524. The van der Waals surface area contributed by atoms with Crippen molar-refractivity contribution < 1.29 is 4.74 Å². The number of nitrogens with zero attached hydrogens (tertiary/aromatic N) is 1. The SMILES string of the molecule is COCc1nc(CSC(C)C)[nH]c(=O)c1I. The highest BCUT2D eigenvalue weighted by atomic mass is 127. The van der Waals surface area contributed by atoms with Gasteiger partial charge in [-0.1, -0.05) is 13.8 Å². The third-order valence-electron chi connectivity index (χ3n) is 1.81. The predicted octanol–water partition coefficient (Wildman–Crippen LogP) is 2.16. The Bertz CT molecular complexity index is 406. The van der Waals surface area contributed by atoms with E-state index < -0.39 is 0 Å². The number of thioether (sulfide) groups is 1. The van der Waals surface area contributed by atoms with Gasteiger partial charge in [0.05, 0.1) is 18.1 Å². The number of ether oxygens (including phenoxy) is 1. The summed E-state index contributed by atoms with van der Waals surface area (Å²) in [6, 6.07) is 0. The molecule has 4 nitrogen and oxygen atoms in total. The number of methoxy groups -OCH3 is 1. The standard InChI is InChI=1S/C10H15IN2O2S/c1-6(2)16-5-8-12-7(4-15-3)9(11)10(14)13-8/h6H,4-5H2,1-3H3,(H,12,13,14). The van der Waals surface area contributed by atoms with Crippen molar-refractivity contribution in [1.29, 1.82) is 0 Å². The van der Waals surface area contributed by atoms with Gasteiger partial charge in [-0.3, -0.25) is 4.79 Å². The van der Waals surface area contributed by atoms with Crippen molar-refractivity contribution in [3.05, 3.63) is 25.4 Å². The number of hydrogen-bond donors (Lipinski definition) is 1. The molecular weight excluding hydrogens is 339 g/mol. The van der Waals surface area contributed by atoms with E-state index in [-0.39, 0.29) is 5.56 Å². The third-order valence-corrected chi connectivity index (χ3v) is 4.03. The minimum atomic E-state index is -0.0815. The molecule has 1 aromatic rings. The second kappa shape index (κ2) is 6.61. The Hall–Kier alpha value is -0.0800. The summed E-state index contributed by atoms with van der Waals surface area (Å²) >= 11 is 3.74. The van der Waals surface area contributed by atoms with Crippen LogP contribution in [0.5, 0.6) is 0 Å². The summed E-state index contributed by atoms with van der Waals surface area (Å²) in [4.78, 5) is 18.8. The molecule has 0 radical (unpaired) electrons. The van der Waals surface area contributed by atoms with Crippen molar-refractivity contribution in [3.63, 3.8) is 0 Å². The molecule has 0 saturated carbocycles. The van der Waals surface area contributed by atoms with Crippen molar-refractivity contribution in [1.82, 2.24) is 9.97 Å². The molecule has 0 amide bonds. The topological polar surface area (TPSA) is 55.0 Å². The maximum atomic E-state index is 11.6. The fourth-order valence-corrected chi connectivity index (χ4v) is 2.14. The van der Waals surface area contributed by atoms with Crippen molar-refractivity contribution in [2.75, 3.05) is 7.11 Å². The van der Waals surface area contributed by atoms with Crippen LogP contribution in [-0.4, -0.2) is 22.3 Å². The zero-order chi connectivity index (χ0) is 12.1. The quantitative estimate of drug-likeness (QED) is 0.824. The molecule has 0 fully saturated rings. The normalized spacial score (nSPS) is 11.1. The zero-order valence-electron chi connectivity index (χ0n) is 9.54. The molecule has 0 aliphatic carbocycles. The Labute approximate surface area is 113 Å². The average molecular weight is 354 g/mol. The number of hydrogen-bond acceptors (Lipinski definition) is 4. The maximum absolute atomic E-state index is 11.6. The molecule has 1 rings (SSSR count). The molecule has 1 aromatic heterocycles. The maximum Gasteiger partial charge on any atom is 0.264 e. The first kappa shape index (κ1) is 14.0. The number of aromatic amines is 1. The molecule has 16 heavy (non-hydrogen) atoms. The van der Waals surface area contributed by atoms with Gasteiger partial charge in [0.15, 0.2) is 0 Å². The zero-order valence-corrected chi connectivity index (χ0v) is 12.5. The first-order chi connectivity index (χ1) is 7.54. The van der Waals surface area contributed by atoms with Gasteiger partial charge in [-0.15, -0.1) is 0 Å². The highest BCUT2D eigenvalue weighted by molar-refractivity contribution is 14.1. The van der Waals surface area contributed by atoms with Gasteiger partial charge in [-0.05, 0) is 27.8 Å². The molecule has 0 unspecified atom stereocenters. The fourth-order valence-electron chi connectivity index (χ4n) is 1.10. The van der Waals surface area contributed by atoms with Crippen LogP contribution in [-0.2, 0) is 17.1 Å². The van der Waals surface area contributed by atoms with E-state index in [4.69, 9.17) is 4.74 Å². The van der Waals surface area contributed by atoms with Crippen LogP contribution in [0.1, 0.15) is 25.4 Å². The molecule has 0 bridgehead atoms. The van der Waals surface area contributed by atoms with Gasteiger partial charge in [0, 0.05) is 7.11 Å². The first-order valence-corrected chi connectivity index (χ1v) is 7.05. The highest BCUT2D eigenvalue weighted by Gasteiger charge is 2.09. The van der Waals surface area contributed by atoms with Crippen LogP contribution in [0.3, 0.4) is 0 Å². The summed E-state index contributed by atoms with van der Waals surface area (Å²) < 4.78 is 5.63. The van der Waals surface area contributed by atoms with Gasteiger partial charge in [0.2, 0.25) is 0 Å². The Morgan fingerprint density at radius 2 is 2.25 bits per heavy atom. The summed E-state index contributed by atoms with van der Waals surface area (Å²) in [6.45, 7) is 4.61. The largest absolute Gasteiger partial charge is 0.378 e. The van der Waals surface area contributed by atoms with Crippen molar-refractivity contribution in [2.45, 2.75) is 31.5 Å². The van der Waals surface area contributed by atoms with E-state index in [9.17, 15) is 4.79 Å². The number of aromatic nitrogens is 2. The lowest BCUT2D eigenvalue weighted by Crippen LogP contribution is -2.18. The molecule has 0 atom stereocenters. The minimum Gasteiger partial charge on any atom is -0.378 e. The van der Waals surface area contributed by atoms with Gasteiger partial charge in [0.1, 0.15) is 9.39 Å². The van der Waals surface area contributed by atoms with Crippen LogP contribution in [0.2, 0.25) is 0 Å². The lowest BCUT2D eigenvalue weighted by atomic mass is 10.4. The molecule has 90 valence electrons. The molecule has 0 saturated heterocycles. The molecule has 0 aliphatic heterocycles. The number of halogens is 1. The van der Waals surface area contributed by atoms with E-state index in [0.29, 0.717) is 21.1 Å². The van der Waals surface area contributed by atoms with Gasteiger partial charge < -0.3 is 9.72 Å². The predicted molar refractivity (Wildman–Crippen MR) is 74.7 cm³/mol. The van der Waals surface area contributed by atoms with Crippen molar-refractivity contribution in [3.8, 4) is 0 Å². The molecule has 1 N–H and O–H groups in total. The van der Waals surface area contributed by atoms with E-state index in [1.54, 1.807) is 18.9 Å². The molecule has 6 heteroatoms. The van der Waals surface area contributed by atoms with E-state index in [1.807, 2.05) is 22.6 Å². The molecule has 0 aliphatic rings. The molecular formula is C10H15IN2O2S. The summed E-state index contributed by atoms with van der Waals surface area (Å²) in [5.74, 6) is 1.44. The number of nitrogens with one attached hydrogen (secondary N) is 1. The highest BCUT2D eigenvalue weighted by Crippen LogP contribution is 2.15. The minimum absolute atomic E-state index is 0.0815. The van der Waals surface area contributed by atoms with Crippen LogP contribution < -0.4 is 5.56 Å². The second-order valence-corrected chi connectivity index (χ2v) is 6.21. The molecule has 0 spiro atoms. The second-order valence-electron chi connectivity index (χ2n) is 3.57. The van der Waals surface area contributed by atoms with Crippen LogP contribution >= 0.6 is 34.4 Å². The monoisotopic (exact) mass is 354 g/mol. The van der Waals surface area contributed by atoms with Crippen LogP contribution in [0.15, 0.2) is 4.79 Å². The van der Waals surface area contributed by atoms with Gasteiger partial charge >= 0.3 is 0 Å². The number of rotatable bonds is 5. The third kappa shape index (κ3) is 4.06. The lowest BCUT2D eigenvalue weighted by molar-refractivity contribution is 0.180. The van der Waals surface area contributed by atoms with E-state index >= 15 is 0 Å². The Kier molecular flexibility index (Phi) is 5.77. The van der Waals surface area contributed by atoms with E-state index in [2.05, 4.69) is 23.8 Å². The molecule has 1 heterocycles. The van der Waals surface area contributed by atoms with Crippen LogP contribution in [0, 0.1) is 3.57 Å². The Morgan fingerprint density at radius 1 is 1.56 bits per heavy atom. The van der Waals surface area contributed by atoms with Crippen LogP contribution in [0.25, 0.3) is 0 Å². The first-order valence-electron chi connectivity index (χ1n) is 4.92. The summed E-state index contributed by atoms with van der Waals surface area (Å²) in [5.41, 5.74) is 0.633. The van der Waals surface area contributed by atoms with Crippen molar-refractivity contribution >= 4 is 34.4 Å². The van der Waals surface area contributed by atoms with E-state index in [1.165, 1.54) is 0 Å². The fraction of sp³-hybridized carbons (Fsp3) is 0.600. The summed E-state index contributed by atoms with van der Waals surface area (Å²) in [6.07, 6.45) is 0. The van der Waals surface area contributed by atoms with Crippen LogP contribution in [0.4, 0.5) is 0 Å². The van der Waals surface area contributed by atoms with Gasteiger partial charge in [-0.25, -0.2) is 4.98 Å². The van der Waals surface area contributed by atoms with E-state index in [0.717, 1.165) is 11.6 Å². The lowest BCUT2D eigenvalue weighted by Gasteiger charge is -2.07. The van der Waals surface area contributed by atoms with Gasteiger partial charge in [-0.2, -0.15) is 11.8 Å². The molecule has 0 aromatic carbocycles. The summed E-state index contributed by atoms with van der Waals surface area (Å²) in [7, 11) is 1.60.